The molecule has 0 aliphatic carbocycles. The highest BCUT2D eigenvalue weighted by molar-refractivity contribution is 5.88. The third kappa shape index (κ3) is 2.87. The van der Waals surface area contributed by atoms with Crippen molar-refractivity contribution in [1.29, 1.82) is 0 Å². The topological polar surface area (TPSA) is 75.9 Å². The number of carbonyl (C=O) groups excluding carboxylic acids is 1. The van der Waals surface area contributed by atoms with Crippen LogP contribution in [-0.4, -0.2) is 45.3 Å². The highest BCUT2D eigenvalue weighted by Gasteiger charge is 2.30. The van der Waals surface area contributed by atoms with Crippen molar-refractivity contribution < 1.29 is 4.79 Å². The van der Waals surface area contributed by atoms with E-state index >= 15 is 0 Å². The van der Waals surface area contributed by atoms with Crippen molar-refractivity contribution in [2.75, 3.05) is 24.5 Å². The number of anilines is 1. The molecule has 7 nitrogen and oxygen atoms in total. The molecule has 1 saturated heterocycles. The minimum Gasteiger partial charge on any atom is -0.356 e. The van der Waals surface area contributed by atoms with Crippen LogP contribution in [0.5, 0.6) is 0 Å². The number of hydrogen-bond acceptors (Lipinski definition) is 5. The molecule has 3 rings (SSSR count). The SMILES string of the molecule is CCNC(=O)C1CCN(c2nc(C(C)C)nc3c2cnn3C)C1. The van der Waals surface area contributed by atoms with Gasteiger partial charge in [-0.15, -0.1) is 0 Å². The molecule has 1 fully saturated rings. The van der Waals surface area contributed by atoms with E-state index in [0.717, 1.165) is 35.6 Å². The predicted molar refractivity (Wildman–Crippen MR) is 89.4 cm³/mol. The standard InChI is InChI=1S/C16H24N6O/c1-5-17-16(23)11-6-7-22(9-11)15-12-8-18-21(4)14(12)19-13(20-15)10(2)3/h8,10-11H,5-7,9H2,1-4H3,(H,17,23). The number of aryl methyl sites for hydroxylation is 1. The van der Waals surface area contributed by atoms with Gasteiger partial charge in [0, 0.05) is 32.6 Å². The van der Waals surface area contributed by atoms with Crippen LogP contribution in [0.3, 0.4) is 0 Å². The Morgan fingerprint density at radius 1 is 1.43 bits per heavy atom. The first-order valence-electron chi connectivity index (χ1n) is 8.23. The summed E-state index contributed by atoms with van der Waals surface area (Å²) in [7, 11) is 1.89. The molecule has 0 spiro atoms. The molecule has 1 aliphatic rings. The van der Waals surface area contributed by atoms with Crippen molar-refractivity contribution in [3.8, 4) is 0 Å². The average molecular weight is 316 g/mol. The summed E-state index contributed by atoms with van der Waals surface area (Å²) in [5.41, 5.74) is 0.847. The smallest absolute Gasteiger partial charge is 0.224 e. The summed E-state index contributed by atoms with van der Waals surface area (Å²) in [6.45, 7) is 8.33. The van der Waals surface area contributed by atoms with Gasteiger partial charge >= 0.3 is 0 Å². The Bertz CT molecular complexity index is 723. The molecule has 7 heteroatoms. The number of fused-ring (bicyclic) bond motifs is 1. The van der Waals surface area contributed by atoms with Crippen molar-refractivity contribution in [1.82, 2.24) is 25.1 Å². The minimum absolute atomic E-state index is 0.0270. The van der Waals surface area contributed by atoms with Crippen molar-refractivity contribution in [3.05, 3.63) is 12.0 Å². The van der Waals surface area contributed by atoms with Crippen LogP contribution in [0.15, 0.2) is 6.20 Å². The predicted octanol–water partition coefficient (Wildman–Crippen LogP) is 1.45. The van der Waals surface area contributed by atoms with Crippen molar-refractivity contribution >= 4 is 22.8 Å². The molecule has 1 aliphatic heterocycles. The summed E-state index contributed by atoms with van der Waals surface area (Å²) in [5, 5.41) is 8.19. The van der Waals surface area contributed by atoms with Gasteiger partial charge in [-0.1, -0.05) is 13.8 Å². The highest BCUT2D eigenvalue weighted by Crippen LogP contribution is 2.29. The molecular formula is C16H24N6O. The van der Waals surface area contributed by atoms with E-state index in [-0.39, 0.29) is 17.7 Å². The average Bonchev–Trinajstić information content (AvgIpc) is 3.14. The van der Waals surface area contributed by atoms with Crippen molar-refractivity contribution in [3.63, 3.8) is 0 Å². The fraction of sp³-hybridized carbons (Fsp3) is 0.625. The summed E-state index contributed by atoms with van der Waals surface area (Å²) in [6.07, 6.45) is 2.67. The van der Waals surface area contributed by atoms with Gasteiger partial charge in [-0.2, -0.15) is 5.10 Å². The van der Waals surface area contributed by atoms with Gasteiger partial charge in [0.25, 0.3) is 0 Å². The first-order chi connectivity index (χ1) is 11.0. The highest BCUT2D eigenvalue weighted by atomic mass is 16.1. The molecule has 0 radical (unpaired) electrons. The molecule has 0 aromatic carbocycles. The number of carbonyl (C=O) groups is 1. The summed E-state index contributed by atoms with van der Waals surface area (Å²) in [6, 6.07) is 0. The molecular weight excluding hydrogens is 292 g/mol. The van der Waals surface area contributed by atoms with E-state index in [4.69, 9.17) is 4.98 Å². The Morgan fingerprint density at radius 3 is 2.91 bits per heavy atom. The second-order valence-corrected chi connectivity index (χ2v) is 6.39. The number of nitrogens with one attached hydrogen (secondary N) is 1. The molecule has 1 atom stereocenters. The Balaban J connectivity index is 1.95. The Labute approximate surface area is 136 Å². The maximum Gasteiger partial charge on any atom is 0.224 e. The lowest BCUT2D eigenvalue weighted by Crippen LogP contribution is -2.32. The first kappa shape index (κ1) is 15.7. The molecule has 2 aromatic rings. The summed E-state index contributed by atoms with van der Waals surface area (Å²) in [5.74, 6) is 2.13. The van der Waals surface area contributed by atoms with Crippen LogP contribution in [0.1, 0.15) is 38.9 Å². The number of nitrogens with zero attached hydrogens (tertiary/aromatic N) is 5. The third-order valence-electron chi connectivity index (χ3n) is 4.32. The van der Waals surface area contributed by atoms with E-state index in [2.05, 4.69) is 34.1 Å². The fourth-order valence-corrected chi connectivity index (χ4v) is 3.01. The lowest BCUT2D eigenvalue weighted by atomic mass is 10.1. The molecule has 0 bridgehead atoms. The van der Waals surface area contributed by atoms with Crippen LogP contribution in [0.25, 0.3) is 11.0 Å². The summed E-state index contributed by atoms with van der Waals surface area (Å²) in [4.78, 5) is 23.7. The zero-order valence-electron chi connectivity index (χ0n) is 14.2. The molecule has 124 valence electrons. The van der Waals surface area contributed by atoms with Crippen LogP contribution in [0, 0.1) is 5.92 Å². The van der Waals surface area contributed by atoms with Crippen LogP contribution < -0.4 is 10.2 Å². The van der Waals surface area contributed by atoms with Gasteiger partial charge in [0.2, 0.25) is 5.91 Å². The lowest BCUT2D eigenvalue weighted by Gasteiger charge is -2.19. The first-order valence-corrected chi connectivity index (χ1v) is 8.23. The van der Waals surface area contributed by atoms with Gasteiger partial charge in [-0.3, -0.25) is 9.48 Å². The van der Waals surface area contributed by atoms with Crippen molar-refractivity contribution in [2.45, 2.75) is 33.1 Å². The number of aromatic nitrogens is 4. The zero-order valence-corrected chi connectivity index (χ0v) is 14.2. The van der Waals surface area contributed by atoms with E-state index in [1.165, 1.54) is 0 Å². The van der Waals surface area contributed by atoms with E-state index < -0.39 is 0 Å². The number of hydrogen-bond donors (Lipinski definition) is 1. The second-order valence-electron chi connectivity index (χ2n) is 6.39. The Kier molecular flexibility index (Phi) is 4.19. The van der Waals surface area contributed by atoms with Gasteiger partial charge in [0.1, 0.15) is 11.6 Å². The van der Waals surface area contributed by atoms with E-state index in [0.29, 0.717) is 13.1 Å². The number of rotatable bonds is 4. The van der Waals surface area contributed by atoms with Crippen LogP contribution >= 0.6 is 0 Å². The molecule has 1 unspecified atom stereocenters. The second kappa shape index (κ2) is 6.14. The Morgan fingerprint density at radius 2 is 2.22 bits per heavy atom. The number of amides is 1. The molecule has 2 aromatic heterocycles. The Hall–Kier alpha value is -2.18. The van der Waals surface area contributed by atoms with Gasteiger partial charge < -0.3 is 10.2 Å². The van der Waals surface area contributed by atoms with Crippen LogP contribution in [0.4, 0.5) is 5.82 Å². The molecule has 1 amide bonds. The maximum atomic E-state index is 12.1. The monoisotopic (exact) mass is 316 g/mol. The molecule has 0 saturated carbocycles. The largest absolute Gasteiger partial charge is 0.356 e. The van der Waals surface area contributed by atoms with Gasteiger partial charge in [0.05, 0.1) is 17.5 Å². The fourth-order valence-electron chi connectivity index (χ4n) is 3.01. The normalized spacial score (nSPS) is 18.1. The van der Waals surface area contributed by atoms with Crippen LogP contribution in [0.2, 0.25) is 0 Å². The maximum absolute atomic E-state index is 12.1. The molecule has 3 heterocycles. The van der Waals surface area contributed by atoms with Crippen molar-refractivity contribution in [2.24, 2.45) is 13.0 Å². The van der Waals surface area contributed by atoms with E-state index in [1.807, 2.05) is 20.2 Å². The third-order valence-corrected chi connectivity index (χ3v) is 4.32. The van der Waals surface area contributed by atoms with Gasteiger partial charge in [0.15, 0.2) is 5.65 Å². The summed E-state index contributed by atoms with van der Waals surface area (Å²) >= 11 is 0. The van der Waals surface area contributed by atoms with Gasteiger partial charge in [-0.05, 0) is 13.3 Å². The van der Waals surface area contributed by atoms with Crippen LogP contribution in [-0.2, 0) is 11.8 Å². The summed E-state index contributed by atoms with van der Waals surface area (Å²) < 4.78 is 1.78. The quantitative estimate of drug-likeness (QED) is 0.924. The zero-order chi connectivity index (χ0) is 16.6. The minimum atomic E-state index is 0.0270. The lowest BCUT2D eigenvalue weighted by molar-refractivity contribution is -0.124. The van der Waals surface area contributed by atoms with E-state index in [1.54, 1.807) is 4.68 Å². The molecule has 23 heavy (non-hydrogen) atoms. The molecule has 1 N–H and O–H groups in total. The van der Waals surface area contributed by atoms with E-state index in [9.17, 15) is 4.79 Å². The van der Waals surface area contributed by atoms with Gasteiger partial charge in [-0.25, -0.2) is 9.97 Å².